The summed E-state index contributed by atoms with van der Waals surface area (Å²) in [6.07, 6.45) is 1.46. The molecule has 1 heterocycles. The Hall–Kier alpha value is -3.26. The molecule has 4 rings (SSSR count). The Kier molecular flexibility index (Phi) is 7.50. The van der Waals surface area contributed by atoms with Crippen LogP contribution in [0.25, 0.3) is 6.08 Å². The van der Waals surface area contributed by atoms with Crippen LogP contribution in [0.15, 0.2) is 60.3 Å². The molecule has 35 heavy (non-hydrogen) atoms. The number of ether oxygens (including phenoxy) is 2. The van der Waals surface area contributed by atoms with E-state index in [1.165, 1.54) is 31.4 Å². The molecule has 1 saturated heterocycles. The van der Waals surface area contributed by atoms with Crippen molar-refractivity contribution in [2.45, 2.75) is 13.2 Å². The maximum Gasteiger partial charge on any atom is 0.329 e. The topological polar surface area (TPSA) is 67.9 Å². The molecule has 6 nitrogen and oxygen atoms in total. The lowest BCUT2D eigenvalue weighted by Crippen LogP contribution is -2.30. The van der Waals surface area contributed by atoms with Crippen molar-refractivity contribution in [2.24, 2.45) is 0 Å². The predicted octanol–water partition coefficient (Wildman–Crippen LogP) is 6.47. The lowest BCUT2D eigenvalue weighted by molar-refractivity contribution is -0.123. The summed E-state index contributed by atoms with van der Waals surface area (Å²) >= 11 is 18.4. The fourth-order valence-corrected chi connectivity index (χ4v) is 4.02. The second kappa shape index (κ2) is 10.6. The van der Waals surface area contributed by atoms with Gasteiger partial charge in [-0.25, -0.2) is 9.18 Å². The van der Waals surface area contributed by atoms with E-state index in [0.717, 1.165) is 10.5 Å². The Labute approximate surface area is 215 Å². The van der Waals surface area contributed by atoms with Crippen molar-refractivity contribution >= 4 is 52.8 Å². The number of imide groups is 1. The first-order valence-electron chi connectivity index (χ1n) is 10.3. The van der Waals surface area contributed by atoms with Gasteiger partial charge in [0.15, 0.2) is 11.5 Å². The third kappa shape index (κ3) is 5.53. The Morgan fingerprint density at radius 3 is 2.49 bits per heavy atom. The number of benzene rings is 3. The molecule has 180 valence electrons. The van der Waals surface area contributed by atoms with Crippen LogP contribution in [-0.4, -0.2) is 23.9 Å². The minimum Gasteiger partial charge on any atom is -0.493 e. The Morgan fingerprint density at radius 2 is 1.77 bits per heavy atom. The van der Waals surface area contributed by atoms with E-state index >= 15 is 0 Å². The van der Waals surface area contributed by atoms with E-state index in [2.05, 4.69) is 5.32 Å². The number of halogens is 4. The van der Waals surface area contributed by atoms with Crippen LogP contribution in [-0.2, 0) is 17.9 Å². The Morgan fingerprint density at radius 1 is 1.00 bits per heavy atom. The van der Waals surface area contributed by atoms with Gasteiger partial charge in [-0.2, -0.15) is 0 Å². The van der Waals surface area contributed by atoms with Gasteiger partial charge in [0.25, 0.3) is 5.91 Å². The zero-order chi connectivity index (χ0) is 25.1. The monoisotopic (exact) mass is 534 g/mol. The highest BCUT2D eigenvalue weighted by molar-refractivity contribution is 6.42. The number of amides is 3. The molecule has 0 bridgehead atoms. The average Bonchev–Trinajstić information content (AvgIpc) is 3.08. The summed E-state index contributed by atoms with van der Waals surface area (Å²) in [5.41, 5.74) is 1.52. The van der Waals surface area contributed by atoms with E-state index < -0.39 is 17.8 Å². The van der Waals surface area contributed by atoms with Gasteiger partial charge in [-0.05, 0) is 47.5 Å². The molecule has 1 aliphatic heterocycles. The largest absolute Gasteiger partial charge is 0.493 e. The number of urea groups is 1. The third-order valence-corrected chi connectivity index (χ3v) is 6.20. The number of carbonyl (C=O) groups is 2. The zero-order valence-corrected chi connectivity index (χ0v) is 20.5. The van der Waals surface area contributed by atoms with Crippen LogP contribution in [0.2, 0.25) is 15.1 Å². The number of nitrogens with zero attached hydrogens (tertiary/aromatic N) is 1. The van der Waals surface area contributed by atoms with Crippen molar-refractivity contribution in [1.29, 1.82) is 0 Å². The van der Waals surface area contributed by atoms with Gasteiger partial charge in [0.05, 0.1) is 28.7 Å². The molecule has 1 N–H and O–H groups in total. The van der Waals surface area contributed by atoms with Crippen LogP contribution >= 0.6 is 34.8 Å². The fraction of sp³-hybridized carbons (Fsp3) is 0.120. The van der Waals surface area contributed by atoms with Crippen LogP contribution in [0.1, 0.15) is 16.7 Å². The number of nitrogens with one attached hydrogen (secondary N) is 1. The molecule has 0 aliphatic carbocycles. The van der Waals surface area contributed by atoms with Gasteiger partial charge in [-0.3, -0.25) is 9.69 Å². The van der Waals surface area contributed by atoms with Gasteiger partial charge >= 0.3 is 6.03 Å². The fourth-order valence-electron chi connectivity index (χ4n) is 3.43. The number of carbonyl (C=O) groups excluding carboxylic acids is 2. The molecular formula is C25H18Cl3FN2O4. The minimum atomic E-state index is -0.649. The molecule has 0 unspecified atom stereocenters. The van der Waals surface area contributed by atoms with Gasteiger partial charge in [0.1, 0.15) is 18.1 Å². The summed E-state index contributed by atoms with van der Waals surface area (Å²) in [6, 6.07) is 13.6. The van der Waals surface area contributed by atoms with Crippen molar-refractivity contribution in [3.8, 4) is 11.5 Å². The van der Waals surface area contributed by atoms with Crippen LogP contribution in [0.5, 0.6) is 11.5 Å². The molecule has 0 radical (unpaired) electrons. The van der Waals surface area contributed by atoms with E-state index in [0.29, 0.717) is 27.1 Å². The first-order chi connectivity index (χ1) is 16.8. The number of methoxy groups -OCH3 is 1. The second-order valence-electron chi connectivity index (χ2n) is 7.54. The van der Waals surface area contributed by atoms with Crippen molar-refractivity contribution in [1.82, 2.24) is 10.2 Å². The van der Waals surface area contributed by atoms with E-state index in [9.17, 15) is 14.0 Å². The van der Waals surface area contributed by atoms with Crippen LogP contribution in [0.4, 0.5) is 9.18 Å². The van der Waals surface area contributed by atoms with Gasteiger partial charge < -0.3 is 14.8 Å². The number of hydrogen-bond donors (Lipinski definition) is 1. The molecule has 10 heteroatoms. The average molecular weight is 536 g/mol. The van der Waals surface area contributed by atoms with Gasteiger partial charge in [-0.15, -0.1) is 0 Å². The first-order valence-corrected chi connectivity index (χ1v) is 11.4. The first kappa shape index (κ1) is 24.9. The van der Waals surface area contributed by atoms with Crippen molar-refractivity contribution < 1.29 is 23.5 Å². The molecule has 3 aromatic carbocycles. The molecule has 1 aliphatic rings. The zero-order valence-electron chi connectivity index (χ0n) is 18.3. The van der Waals surface area contributed by atoms with Crippen LogP contribution in [0, 0.1) is 5.82 Å². The standard InChI is InChI=1S/C25H18Cl3FN2O4/c1-34-22-11-15(9-19(28)23(22)35-13-14-6-7-17(26)18(27)8-14)10-21-24(32)31(25(33)30-21)12-16-4-2-3-5-20(16)29/h2-11H,12-13H2,1H3,(H,30,33)/b21-10+. The van der Waals surface area contributed by atoms with Crippen molar-refractivity contribution in [2.75, 3.05) is 7.11 Å². The maximum absolute atomic E-state index is 14.0. The summed E-state index contributed by atoms with van der Waals surface area (Å²) in [7, 11) is 1.45. The number of rotatable bonds is 7. The summed E-state index contributed by atoms with van der Waals surface area (Å²) in [4.78, 5) is 26.1. The summed E-state index contributed by atoms with van der Waals surface area (Å²) in [5.74, 6) is -0.471. The smallest absolute Gasteiger partial charge is 0.329 e. The number of hydrogen-bond acceptors (Lipinski definition) is 4. The van der Waals surface area contributed by atoms with Crippen LogP contribution in [0.3, 0.4) is 0 Å². The molecule has 0 spiro atoms. The van der Waals surface area contributed by atoms with Crippen molar-refractivity contribution in [3.63, 3.8) is 0 Å². The second-order valence-corrected chi connectivity index (χ2v) is 8.76. The highest BCUT2D eigenvalue weighted by Crippen LogP contribution is 2.38. The van der Waals surface area contributed by atoms with Gasteiger partial charge in [-0.1, -0.05) is 59.1 Å². The van der Waals surface area contributed by atoms with E-state index in [1.807, 2.05) is 0 Å². The molecule has 0 atom stereocenters. The third-order valence-electron chi connectivity index (χ3n) is 5.18. The summed E-state index contributed by atoms with van der Waals surface area (Å²) in [6.45, 7) is -0.0345. The quantitative estimate of drug-likeness (QED) is 0.278. The van der Waals surface area contributed by atoms with Crippen LogP contribution < -0.4 is 14.8 Å². The molecule has 3 amide bonds. The minimum absolute atomic E-state index is 0.0222. The lowest BCUT2D eigenvalue weighted by atomic mass is 10.1. The summed E-state index contributed by atoms with van der Waals surface area (Å²) in [5, 5.41) is 3.58. The summed E-state index contributed by atoms with van der Waals surface area (Å²) < 4.78 is 25.2. The maximum atomic E-state index is 14.0. The molecule has 0 aromatic heterocycles. The van der Waals surface area contributed by atoms with E-state index in [1.54, 1.807) is 36.4 Å². The SMILES string of the molecule is COc1cc(/C=C2/NC(=O)N(Cc3ccccc3F)C2=O)cc(Cl)c1OCc1ccc(Cl)c(Cl)c1. The highest BCUT2D eigenvalue weighted by Gasteiger charge is 2.34. The van der Waals surface area contributed by atoms with Gasteiger partial charge in [0.2, 0.25) is 0 Å². The Bertz CT molecular complexity index is 1350. The van der Waals surface area contributed by atoms with Crippen molar-refractivity contribution in [3.05, 3.63) is 97.9 Å². The van der Waals surface area contributed by atoms with E-state index in [-0.39, 0.29) is 29.4 Å². The molecule has 0 saturated carbocycles. The molecule has 3 aromatic rings. The van der Waals surface area contributed by atoms with E-state index in [4.69, 9.17) is 44.3 Å². The molecule has 1 fully saturated rings. The van der Waals surface area contributed by atoms with Gasteiger partial charge in [0, 0.05) is 5.56 Å². The highest BCUT2D eigenvalue weighted by atomic mass is 35.5. The Balaban J connectivity index is 1.54. The lowest BCUT2D eigenvalue weighted by Gasteiger charge is -2.14. The normalized spacial score (nSPS) is 14.4. The molecular weight excluding hydrogens is 518 g/mol. The predicted molar refractivity (Wildman–Crippen MR) is 132 cm³/mol.